The first-order chi connectivity index (χ1) is 22.5. The molecule has 1 aliphatic heterocycles. The lowest BCUT2D eigenvalue weighted by molar-refractivity contribution is -0.0498. The minimum absolute atomic E-state index is 0.0541. The Morgan fingerprint density at radius 1 is 0.936 bits per heavy atom. The van der Waals surface area contributed by atoms with Crippen molar-refractivity contribution in [3.8, 4) is 17.0 Å². The standard InChI is InChI=1S/C32H28F2N6O6S/c1-20-17-23(37-28-29-36-19-27(40(29)12-11-35-28)21-5-8-24(9-6-21)46-32(33)34)7-10-26(20)31(42)39-15-13-38(14-16-39)30(41)22-3-2-4-25(18-22)47(43,44)45/h2-12,17-19,32H,13-16H2,1H3,(H,35,37)(H,43,44,45). The van der Waals surface area contributed by atoms with Crippen LogP contribution in [0.1, 0.15) is 26.3 Å². The number of amides is 2. The molecule has 0 unspecified atom stereocenters. The highest BCUT2D eigenvalue weighted by molar-refractivity contribution is 7.85. The second-order valence-electron chi connectivity index (χ2n) is 10.8. The van der Waals surface area contributed by atoms with Gasteiger partial charge in [-0.15, -0.1) is 0 Å². The van der Waals surface area contributed by atoms with Gasteiger partial charge in [0.1, 0.15) is 5.75 Å². The predicted octanol–water partition coefficient (Wildman–Crippen LogP) is 4.89. The summed E-state index contributed by atoms with van der Waals surface area (Å²) in [6, 6.07) is 16.8. The molecule has 2 amide bonds. The molecular formula is C32H28F2N6O6S. The first-order valence-corrected chi connectivity index (χ1v) is 15.8. The minimum atomic E-state index is -4.45. The number of rotatable bonds is 8. The number of anilines is 2. The number of aryl methyl sites for hydroxylation is 1. The number of carbonyl (C=O) groups is 2. The molecular weight excluding hydrogens is 634 g/mol. The van der Waals surface area contributed by atoms with E-state index >= 15 is 0 Å². The molecule has 2 aromatic heterocycles. The maximum atomic E-state index is 13.4. The molecule has 0 radical (unpaired) electrons. The molecule has 2 N–H and O–H groups in total. The van der Waals surface area contributed by atoms with Crippen molar-refractivity contribution in [3.05, 3.63) is 102 Å². The van der Waals surface area contributed by atoms with Crippen LogP contribution in [0.25, 0.3) is 16.9 Å². The van der Waals surface area contributed by atoms with E-state index in [-0.39, 0.29) is 54.2 Å². The van der Waals surface area contributed by atoms with Crippen LogP contribution in [-0.2, 0) is 10.1 Å². The number of imidazole rings is 1. The van der Waals surface area contributed by atoms with Crippen molar-refractivity contribution in [1.82, 2.24) is 24.2 Å². The zero-order valence-corrected chi connectivity index (χ0v) is 25.7. The second-order valence-corrected chi connectivity index (χ2v) is 12.2. The lowest BCUT2D eigenvalue weighted by Gasteiger charge is -2.35. The molecule has 47 heavy (non-hydrogen) atoms. The van der Waals surface area contributed by atoms with E-state index in [9.17, 15) is 31.3 Å². The van der Waals surface area contributed by atoms with Crippen molar-refractivity contribution in [2.24, 2.45) is 0 Å². The van der Waals surface area contributed by atoms with Gasteiger partial charge in [0, 0.05) is 61.0 Å². The highest BCUT2D eigenvalue weighted by Crippen LogP contribution is 2.28. The number of piperazine rings is 1. The van der Waals surface area contributed by atoms with E-state index in [1.807, 2.05) is 17.4 Å². The molecule has 1 fully saturated rings. The summed E-state index contributed by atoms with van der Waals surface area (Å²) in [6.07, 6.45) is 5.00. The van der Waals surface area contributed by atoms with E-state index in [1.165, 1.54) is 35.2 Å². The highest BCUT2D eigenvalue weighted by Gasteiger charge is 2.27. The predicted molar refractivity (Wildman–Crippen MR) is 168 cm³/mol. The summed E-state index contributed by atoms with van der Waals surface area (Å²) < 4.78 is 63.5. The quantitative estimate of drug-likeness (QED) is 0.222. The highest BCUT2D eigenvalue weighted by atomic mass is 32.2. The van der Waals surface area contributed by atoms with Gasteiger partial charge in [0.05, 0.1) is 16.8 Å². The molecule has 0 spiro atoms. The Balaban J connectivity index is 1.12. The molecule has 0 atom stereocenters. The van der Waals surface area contributed by atoms with E-state index < -0.39 is 16.7 Å². The summed E-state index contributed by atoms with van der Waals surface area (Å²) >= 11 is 0. The van der Waals surface area contributed by atoms with Crippen molar-refractivity contribution < 1.29 is 36.1 Å². The molecule has 5 aromatic rings. The van der Waals surface area contributed by atoms with Crippen molar-refractivity contribution in [3.63, 3.8) is 0 Å². The Hall–Kier alpha value is -5.41. The SMILES string of the molecule is Cc1cc(Nc2nccn3c(-c4ccc(OC(F)F)cc4)cnc23)ccc1C(=O)N1CCN(C(=O)c2cccc(S(=O)(=O)O)c2)CC1. The molecule has 15 heteroatoms. The van der Waals surface area contributed by atoms with Gasteiger partial charge in [0.25, 0.3) is 21.9 Å². The normalized spacial score (nSPS) is 13.6. The van der Waals surface area contributed by atoms with Crippen LogP contribution in [0.15, 0.2) is 90.2 Å². The summed E-state index contributed by atoms with van der Waals surface area (Å²) in [7, 11) is -4.45. The van der Waals surface area contributed by atoms with Crippen LogP contribution >= 0.6 is 0 Å². The lowest BCUT2D eigenvalue weighted by atomic mass is 10.1. The molecule has 0 bridgehead atoms. The number of benzene rings is 3. The average molecular weight is 663 g/mol. The molecule has 0 saturated carbocycles. The van der Waals surface area contributed by atoms with Gasteiger partial charge < -0.3 is 19.9 Å². The zero-order chi connectivity index (χ0) is 33.3. The van der Waals surface area contributed by atoms with Crippen LogP contribution in [0.2, 0.25) is 0 Å². The smallest absolute Gasteiger partial charge is 0.387 e. The van der Waals surface area contributed by atoms with Crippen LogP contribution in [0, 0.1) is 6.92 Å². The van der Waals surface area contributed by atoms with E-state index in [0.29, 0.717) is 22.7 Å². The lowest BCUT2D eigenvalue weighted by Crippen LogP contribution is -2.50. The van der Waals surface area contributed by atoms with Crippen molar-refractivity contribution in [2.45, 2.75) is 18.4 Å². The third-order valence-electron chi connectivity index (χ3n) is 7.76. The van der Waals surface area contributed by atoms with Crippen LogP contribution in [0.3, 0.4) is 0 Å². The number of ether oxygens (including phenoxy) is 1. The number of alkyl halides is 2. The van der Waals surface area contributed by atoms with E-state index in [2.05, 4.69) is 20.0 Å². The third kappa shape index (κ3) is 6.76. The summed E-state index contributed by atoms with van der Waals surface area (Å²) in [6.45, 7) is 0.0136. The van der Waals surface area contributed by atoms with Gasteiger partial charge in [0.15, 0.2) is 11.5 Å². The summed E-state index contributed by atoms with van der Waals surface area (Å²) in [5.41, 5.74) is 4.04. The fraction of sp³-hybridized carbons (Fsp3) is 0.188. The largest absolute Gasteiger partial charge is 0.435 e. The summed E-state index contributed by atoms with van der Waals surface area (Å²) in [4.78, 5) is 38.2. The van der Waals surface area contributed by atoms with Gasteiger partial charge in [-0.05, 0) is 73.2 Å². The van der Waals surface area contributed by atoms with Crippen LogP contribution in [-0.4, -0.2) is 81.7 Å². The Kier molecular flexibility index (Phi) is 8.58. The maximum absolute atomic E-state index is 13.4. The number of halogens is 2. The Morgan fingerprint density at radius 3 is 2.30 bits per heavy atom. The number of hydrogen-bond donors (Lipinski definition) is 2. The van der Waals surface area contributed by atoms with E-state index in [4.69, 9.17) is 0 Å². The van der Waals surface area contributed by atoms with Crippen LogP contribution in [0.5, 0.6) is 5.75 Å². The fourth-order valence-electron chi connectivity index (χ4n) is 5.40. The number of nitrogens with zero attached hydrogens (tertiary/aromatic N) is 5. The van der Waals surface area contributed by atoms with Gasteiger partial charge in [-0.25, -0.2) is 9.97 Å². The molecule has 6 rings (SSSR count). The molecule has 3 heterocycles. The Bertz CT molecular complexity index is 2080. The molecule has 12 nitrogen and oxygen atoms in total. The number of hydrogen-bond acceptors (Lipinski definition) is 8. The van der Waals surface area contributed by atoms with Gasteiger partial charge in [-0.3, -0.25) is 18.5 Å². The first-order valence-electron chi connectivity index (χ1n) is 14.4. The van der Waals surface area contributed by atoms with E-state index in [0.717, 1.165) is 22.9 Å². The van der Waals surface area contributed by atoms with Gasteiger partial charge in [-0.1, -0.05) is 6.07 Å². The molecule has 1 saturated heterocycles. The zero-order valence-electron chi connectivity index (χ0n) is 24.9. The van der Waals surface area contributed by atoms with Crippen molar-refractivity contribution in [1.29, 1.82) is 0 Å². The number of nitrogens with one attached hydrogen (secondary N) is 1. The van der Waals surface area contributed by atoms with Gasteiger partial charge in [0.2, 0.25) is 0 Å². The van der Waals surface area contributed by atoms with Crippen LogP contribution in [0.4, 0.5) is 20.3 Å². The molecule has 1 aliphatic rings. The molecule has 3 aromatic carbocycles. The maximum Gasteiger partial charge on any atom is 0.387 e. The molecule has 242 valence electrons. The van der Waals surface area contributed by atoms with Crippen molar-refractivity contribution >= 4 is 39.1 Å². The Morgan fingerprint density at radius 2 is 1.64 bits per heavy atom. The van der Waals surface area contributed by atoms with Gasteiger partial charge >= 0.3 is 6.61 Å². The third-order valence-corrected chi connectivity index (χ3v) is 8.61. The summed E-state index contributed by atoms with van der Waals surface area (Å²) in [5.74, 6) is -0.0475. The topological polar surface area (TPSA) is 146 Å². The van der Waals surface area contributed by atoms with Crippen LogP contribution < -0.4 is 10.1 Å². The monoisotopic (exact) mass is 662 g/mol. The number of aromatic nitrogens is 3. The average Bonchev–Trinajstić information content (AvgIpc) is 3.49. The minimum Gasteiger partial charge on any atom is -0.435 e. The van der Waals surface area contributed by atoms with E-state index in [1.54, 1.807) is 47.8 Å². The number of fused-ring (bicyclic) bond motifs is 1. The fourth-order valence-corrected chi connectivity index (χ4v) is 5.93. The molecule has 0 aliphatic carbocycles. The number of carbonyl (C=O) groups excluding carboxylic acids is 2. The van der Waals surface area contributed by atoms with Gasteiger partial charge in [-0.2, -0.15) is 17.2 Å². The Labute approximate surface area is 268 Å². The summed E-state index contributed by atoms with van der Waals surface area (Å²) in [5, 5.41) is 3.26. The first kappa shape index (κ1) is 31.6. The second kappa shape index (κ2) is 12.8. The van der Waals surface area contributed by atoms with Crippen molar-refractivity contribution in [2.75, 3.05) is 31.5 Å².